The Kier molecular flexibility index (Phi) is 13.5. The quantitative estimate of drug-likeness (QED) is 0.185. The summed E-state index contributed by atoms with van der Waals surface area (Å²) < 4.78 is 5.40. The number of rotatable bonds is 14. The van der Waals surface area contributed by atoms with Crippen LogP contribution in [0.5, 0.6) is 0 Å². The van der Waals surface area contributed by atoms with Crippen LogP contribution in [-0.4, -0.2) is 46.7 Å². The van der Waals surface area contributed by atoms with Crippen molar-refractivity contribution in [3.8, 4) is 0 Å². The van der Waals surface area contributed by atoms with Crippen LogP contribution in [0, 0.1) is 13.8 Å². The van der Waals surface area contributed by atoms with Crippen molar-refractivity contribution < 1.29 is 19.1 Å². The van der Waals surface area contributed by atoms with Crippen molar-refractivity contribution in [2.45, 2.75) is 97.9 Å². The van der Waals surface area contributed by atoms with Crippen molar-refractivity contribution in [1.82, 2.24) is 15.5 Å². The topological polar surface area (TPSA) is 87.7 Å². The van der Waals surface area contributed by atoms with Crippen LogP contribution in [0.4, 0.5) is 4.79 Å². The van der Waals surface area contributed by atoms with Crippen LogP contribution in [-0.2, 0) is 20.9 Å². The molecule has 2 N–H and O–H groups in total. The van der Waals surface area contributed by atoms with Crippen molar-refractivity contribution in [2.24, 2.45) is 0 Å². The zero-order valence-corrected chi connectivity index (χ0v) is 25.9. The lowest BCUT2D eigenvalue weighted by Gasteiger charge is -2.35. The van der Waals surface area contributed by atoms with Gasteiger partial charge in [-0.1, -0.05) is 86.7 Å². The third-order valence-corrected chi connectivity index (χ3v) is 6.91. The van der Waals surface area contributed by atoms with Gasteiger partial charge in [0.25, 0.3) is 0 Å². The first-order valence-corrected chi connectivity index (χ1v) is 14.9. The van der Waals surface area contributed by atoms with Crippen LogP contribution in [0.3, 0.4) is 0 Å². The standard InChI is InChI=1S/C32H47N3O4S/c1-7-8-9-10-14-19-35(30(37)27(22-40)34-31(38)39-32(4,5)6)28(26-18-17-23(2)20-24(26)3)29(36)33-21-25-15-12-11-13-16-25/h11-13,15-18,20,27-28,40H,7-10,14,19,21-22H2,1-6H3,(H,33,36)(H,34,38). The largest absolute Gasteiger partial charge is 0.444 e. The Morgan fingerprint density at radius 2 is 1.65 bits per heavy atom. The van der Waals surface area contributed by atoms with E-state index in [4.69, 9.17) is 4.74 Å². The van der Waals surface area contributed by atoms with Gasteiger partial charge in [0, 0.05) is 18.8 Å². The molecule has 0 radical (unpaired) electrons. The minimum absolute atomic E-state index is 0.0651. The Bertz CT molecular complexity index is 1100. The van der Waals surface area contributed by atoms with Crippen molar-refractivity contribution in [3.63, 3.8) is 0 Å². The summed E-state index contributed by atoms with van der Waals surface area (Å²) in [4.78, 5) is 42.2. The van der Waals surface area contributed by atoms with Gasteiger partial charge in [-0.15, -0.1) is 0 Å². The average Bonchev–Trinajstić information content (AvgIpc) is 2.89. The molecule has 40 heavy (non-hydrogen) atoms. The lowest BCUT2D eigenvalue weighted by atomic mass is 9.96. The molecule has 2 atom stereocenters. The molecule has 0 aliphatic heterocycles. The molecule has 2 aromatic carbocycles. The van der Waals surface area contributed by atoms with Gasteiger partial charge in [-0.3, -0.25) is 9.59 Å². The number of hydrogen-bond acceptors (Lipinski definition) is 5. The van der Waals surface area contributed by atoms with Crippen LogP contribution in [0.25, 0.3) is 0 Å². The third kappa shape index (κ3) is 10.9. The lowest BCUT2D eigenvalue weighted by molar-refractivity contribution is -0.142. The van der Waals surface area contributed by atoms with Gasteiger partial charge >= 0.3 is 6.09 Å². The molecule has 0 aromatic heterocycles. The summed E-state index contributed by atoms with van der Waals surface area (Å²) in [6.07, 6.45) is 4.26. The highest BCUT2D eigenvalue weighted by atomic mass is 32.1. The molecule has 2 rings (SSSR count). The number of carbonyl (C=O) groups is 3. The number of alkyl carbamates (subject to hydrolysis) is 1. The lowest BCUT2D eigenvalue weighted by Crippen LogP contribution is -2.54. The number of benzene rings is 2. The fourth-order valence-corrected chi connectivity index (χ4v) is 4.80. The van der Waals surface area contributed by atoms with Crippen molar-refractivity contribution in [3.05, 3.63) is 70.8 Å². The van der Waals surface area contributed by atoms with Crippen LogP contribution in [0.1, 0.15) is 88.1 Å². The van der Waals surface area contributed by atoms with E-state index in [9.17, 15) is 14.4 Å². The predicted molar refractivity (Wildman–Crippen MR) is 164 cm³/mol. The first-order chi connectivity index (χ1) is 19.0. The molecule has 0 heterocycles. The maximum absolute atomic E-state index is 14.1. The fourth-order valence-electron chi connectivity index (χ4n) is 4.55. The number of carbonyl (C=O) groups excluding carboxylic acids is 3. The third-order valence-electron chi connectivity index (χ3n) is 6.55. The van der Waals surface area contributed by atoms with Gasteiger partial charge in [0.2, 0.25) is 11.8 Å². The Balaban J connectivity index is 2.44. The van der Waals surface area contributed by atoms with E-state index in [1.54, 1.807) is 25.7 Å². The Morgan fingerprint density at radius 1 is 0.975 bits per heavy atom. The average molecular weight is 570 g/mol. The zero-order valence-electron chi connectivity index (χ0n) is 25.0. The van der Waals surface area contributed by atoms with Crippen LogP contribution >= 0.6 is 12.6 Å². The van der Waals surface area contributed by atoms with E-state index in [-0.39, 0.29) is 17.6 Å². The number of hydrogen-bond donors (Lipinski definition) is 3. The first-order valence-electron chi connectivity index (χ1n) is 14.3. The van der Waals surface area contributed by atoms with Gasteiger partial charge in [0.1, 0.15) is 17.7 Å². The summed E-state index contributed by atoms with van der Waals surface area (Å²) in [5.74, 6) is -0.570. The molecule has 220 valence electrons. The second-order valence-corrected chi connectivity index (χ2v) is 11.7. The van der Waals surface area contributed by atoms with E-state index in [2.05, 4.69) is 30.2 Å². The minimum Gasteiger partial charge on any atom is -0.444 e. The second kappa shape index (κ2) is 16.3. The summed E-state index contributed by atoms with van der Waals surface area (Å²) in [6.45, 7) is 12.1. The molecule has 3 amide bonds. The minimum atomic E-state index is -0.955. The molecular formula is C32H47N3O4S. The molecule has 0 bridgehead atoms. The SMILES string of the molecule is CCCCCCCN(C(=O)C(CS)NC(=O)OC(C)(C)C)C(C(=O)NCc1ccccc1)c1ccc(C)cc1C. The van der Waals surface area contributed by atoms with Gasteiger partial charge < -0.3 is 20.3 Å². The Hall–Kier alpha value is -3.00. The van der Waals surface area contributed by atoms with E-state index in [0.717, 1.165) is 54.4 Å². The molecule has 0 aliphatic carbocycles. The molecule has 2 aromatic rings. The molecule has 0 aliphatic rings. The highest BCUT2D eigenvalue weighted by molar-refractivity contribution is 7.80. The number of amides is 3. The summed E-state index contributed by atoms with van der Waals surface area (Å²) in [7, 11) is 0. The van der Waals surface area contributed by atoms with Crippen LogP contribution < -0.4 is 10.6 Å². The maximum Gasteiger partial charge on any atom is 0.408 e. The van der Waals surface area contributed by atoms with E-state index >= 15 is 0 Å². The first kappa shape index (κ1) is 33.2. The van der Waals surface area contributed by atoms with Crippen LogP contribution in [0.2, 0.25) is 0 Å². The molecule has 0 saturated heterocycles. The normalized spacial score (nSPS) is 12.8. The van der Waals surface area contributed by atoms with E-state index < -0.39 is 23.8 Å². The summed E-state index contributed by atoms with van der Waals surface area (Å²) >= 11 is 4.38. The number of nitrogens with zero attached hydrogens (tertiary/aromatic N) is 1. The van der Waals surface area contributed by atoms with E-state index in [0.29, 0.717) is 13.1 Å². The second-order valence-electron chi connectivity index (χ2n) is 11.3. The van der Waals surface area contributed by atoms with Gasteiger partial charge in [-0.05, 0) is 57.7 Å². The van der Waals surface area contributed by atoms with Crippen molar-refractivity contribution in [1.29, 1.82) is 0 Å². The number of ether oxygens (including phenoxy) is 1. The molecule has 0 spiro atoms. The van der Waals surface area contributed by atoms with Gasteiger partial charge in [0.15, 0.2) is 0 Å². The van der Waals surface area contributed by atoms with Gasteiger partial charge in [0.05, 0.1) is 0 Å². The number of unbranched alkanes of at least 4 members (excludes halogenated alkanes) is 4. The van der Waals surface area contributed by atoms with Crippen molar-refractivity contribution >= 4 is 30.5 Å². The Morgan fingerprint density at radius 3 is 2.25 bits per heavy atom. The molecule has 8 heteroatoms. The van der Waals surface area contributed by atoms with Gasteiger partial charge in [-0.2, -0.15) is 12.6 Å². The molecule has 0 fully saturated rings. The smallest absolute Gasteiger partial charge is 0.408 e. The fraction of sp³-hybridized carbons (Fsp3) is 0.531. The van der Waals surface area contributed by atoms with Crippen LogP contribution in [0.15, 0.2) is 48.5 Å². The summed E-state index contributed by atoms with van der Waals surface area (Å²) in [6, 6.07) is 13.8. The maximum atomic E-state index is 14.1. The Labute approximate surface area is 245 Å². The van der Waals surface area contributed by atoms with Gasteiger partial charge in [-0.25, -0.2) is 4.79 Å². The van der Waals surface area contributed by atoms with Crippen molar-refractivity contribution in [2.75, 3.05) is 12.3 Å². The zero-order chi connectivity index (χ0) is 29.7. The summed E-state index contributed by atoms with van der Waals surface area (Å²) in [5, 5.41) is 5.73. The number of nitrogens with one attached hydrogen (secondary N) is 2. The molecular weight excluding hydrogens is 522 g/mol. The molecule has 7 nitrogen and oxygen atoms in total. The van der Waals surface area contributed by atoms with E-state index in [1.165, 1.54) is 0 Å². The summed E-state index contributed by atoms with van der Waals surface area (Å²) in [5.41, 5.74) is 3.00. The molecule has 0 saturated carbocycles. The highest BCUT2D eigenvalue weighted by Crippen LogP contribution is 2.27. The monoisotopic (exact) mass is 569 g/mol. The predicted octanol–water partition coefficient (Wildman–Crippen LogP) is 6.28. The van der Waals surface area contributed by atoms with E-state index in [1.807, 2.05) is 62.4 Å². The highest BCUT2D eigenvalue weighted by Gasteiger charge is 2.36. The number of thiol groups is 1. The number of aryl methyl sites for hydroxylation is 2. The molecule has 2 unspecified atom stereocenters.